The van der Waals surface area contributed by atoms with Crippen LogP contribution in [0.2, 0.25) is 0 Å². The summed E-state index contributed by atoms with van der Waals surface area (Å²) in [6.45, 7) is -0.583. The summed E-state index contributed by atoms with van der Waals surface area (Å²) in [5, 5.41) is 18.4. The van der Waals surface area contributed by atoms with Gasteiger partial charge >= 0.3 is 0 Å². The molecule has 1 amide bonds. The van der Waals surface area contributed by atoms with Crippen LogP contribution in [0.4, 0.5) is 5.69 Å². The van der Waals surface area contributed by atoms with Gasteiger partial charge in [0.15, 0.2) is 11.9 Å². The van der Waals surface area contributed by atoms with Gasteiger partial charge in [0, 0.05) is 0 Å². The van der Waals surface area contributed by atoms with Gasteiger partial charge in [-0.1, -0.05) is 30.3 Å². The molecule has 0 aliphatic carbocycles. The molecule has 9 heteroatoms. The Labute approximate surface area is 145 Å². The molecule has 2 rings (SSSR count). The maximum Gasteiger partial charge on any atom is 0.274 e. The molecule has 0 radical (unpaired) electrons. The van der Waals surface area contributed by atoms with Gasteiger partial charge in [-0.15, -0.1) is 0 Å². The molecule has 0 fully saturated rings. The van der Waals surface area contributed by atoms with Crippen molar-refractivity contribution in [3.63, 3.8) is 0 Å². The number of nitrogens with zero attached hydrogens (tertiary/aromatic N) is 1. The predicted molar refractivity (Wildman–Crippen MR) is 91.1 cm³/mol. The van der Waals surface area contributed by atoms with Crippen LogP contribution in [-0.2, 0) is 14.8 Å². The zero-order valence-corrected chi connectivity index (χ0v) is 14.2. The molecule has 8 nitrogen and oxygen atoms in total. The number of benzene rings is 2. The van der Waals surface area contributed by atoms with Gasteiger partial charge in [0.25, 0.3) is 5.91 Å². The minimum absolute atomic E-state index is 0.152. The van der Waals surface area contributed by atoms with Crippen molar-refractivity contribution >= 4 is 21.6 Å². The van der Waals surface area contributed by atoms with E-state index in [1.54, 1.807) is 42.5 Å². The number of nitrogens with one attached hydrogen (secondary N) is 1. The second-order valence-corrected chi connectivity index (χ2v) is 7.08. The first-order valence-electron chi connectivity index (χ1n) is 7.24. The fourth-order valence-electron chi connectivity index (χ4n) is 2.09. The number of carbonyl (C=O) groups is 1. The number of ether oxygens (including phenoxy) is 1. The molecule has 2 aromatic rings. The SMILES string of the molecule is CS(=O)(=O)N(C[C@@H](O)C(=O)NO)c1ccccc1Oc1ccccc1. The van der Waals surface area contributed by atoms with E-state index in [0.717, 1.165) is 10.6 Å². The lowest BCUT2D eigenvalue weighted by atomic mass is 10.2. The zero-order valence-electron chi connectivity index (χ0n) is 13.4. The molecule has 0 saturated heterocycles. The van der Waals surface area contributed by atoms with Crippen molar-refractivity contribution in [1.29, 1.82) is 0 Å². The van der Waals surface area contributed by atoms with Crippen molar-refractivity contribution in [3.8, 4) is 11.5 Å². The number of aliphatic hydroxyl groups is 1. The van der Waals surface area contributed by atoms with E-state index in [-0.39, 0.29) is 11.4 Å². The van der Waals surface area contributed by atoms with Crippen molar-refractivity contribution in [2.45, 2.75) is 6.10 Å². The van der Waals surface area contributed by atoms with Crippen LogP contribution in [0.25, 0.3) is 0 Å². The summed E-state index contributed by atoms with van der Waals surface area (Å²) in [6, 6.07) is 15.1. The first kappa shape index (κ1) is 18.7. The number of anilines is 1. The highest BCUT2D eigenvalue weighted by molar-refractivity contribution is 7.92. The second-order valence-electron chi connectivity index (χ2n) is 5.17. The number of hydrogen-bond donors (Lipinski definition) is 3. The van der Waals surface area contributed by atoms with Gasteiger partial charge in [-0.25, -0.2) is 13.9 Å². The fourth-order valence-corrected chi connectivity index (χ4v) is 3.01. The molecular formula is C16H18N2O6S. The van der Waals surface area contributed by atoms with Gasteiger partial charge in [-0.2, -0.15) is 0 Å². The van der Waals surface area contributed by atoms with Crippen molar-refractivity contribution in [2.24, 2.45) is 0 Å². The average Bonchev–Trinajstić information content (AvgIpc) is 2.59. The van der Waals surface area contributed by atoms with Crippen molar-refractivity contribution in [2.75, 3.05) is 17.1 Å². The van der Waals surface area contributed by atoms with Crippen molar-refractivity contribution in [3.05, 3.63) is 54.6 Å². The number of rotatable bonds is 7. The molecule has 0 aliphatic rings. The molecule has 25 heavy (non-hydrogen) atoms. The molecule has 0 spiro atoms. The lowest BCUT2D eigenvalue weighted by Crippen LogP contribution is -2.44. The number of para-hydroxylation sites is 3. The minimum atomic E-state index is -3.84. The normalized spacial score (nSPS) is 12.3. The number of sulfonamides is 1. The van der Waals surface area contributed by atoms with E-state index in [1.165, 1.54) is 11.5 Å². The van der Waals surface area contributed by atoms with E-state index in [0.29, 0.717) is 5.75 Å². The first-order valence-corrected chi connectivity index (χ1v) is 9.09. The van der Waals surface area contributed by atoms with E-state index >= 15 is 0 Å². The smallest absolute Gasteiger partial charge is 0.274 e. The second kappa shape index (κ2) is 7.97. The Morgan fingerprint density at radius 3 is 2.36 bits per heavy atom. The quantitative estimate of drug-likeness (QED) is 0.499. The molecule has 2 aromatic carbocycles. The summed E-state index contributed by atoms with van der Waals surface area (Å²) >= 11 is 0. The molecule has 0 saturated carbocycles. The molecular weight excluding hydrogens is 348 g/mol. The summed E-state index contributed by atoms with van der Waals surface area (Å²) in [4.78, 5) is 11.3. The van der Waals surface area contributed by atoms with E-state index in [2.05, 4.69) is 0 Å². The number of aliphatic hydroxyl groups excluding tert-OH is 1. The topological polar surface area (TPSA) is 116 Å². The maximum absolute atomic E-state index is 12.1. The molecule has 0 bridgehead atoms. The van der Waals surface area contributed by atoms with Crippen LogP contribution in [0.3, 0.4) is 0 Å². The third-order valence-electron chi connectivity index (χ3n) is 3.26. The summed E-state index contributed by atoms with van der Waals surface area (Å²) in [5.74, 6) is -0.386. The van der Waals surface area contributed by atoms with Gasteiger partial charge in [-0.3, -0.25) is 14.3 Å². The number of hydrogen-bond acceptors (Lipinski definition) is 6. The summed E-state index contributed by atoms with van der Waals surface area (Å²) in [5.41, 5.74) is 1.44. The van der Waals surface area contributed by atoms with E-state index in [4.69, 9.17) is 9.94 Å². The number of hydroxylamine groups is 1. The first-order chi connectivity index (χ1) is 11.8. The Bertz CT molecular complexity index is 826. The summed E-state index contributed by atoms with van der Waals surface area (Å²) in [6.07, 6.45) is -0.819. The minimum Gasteiger partial charge on any atom is -0.455 e. The molecule has 0 aromatic heterocycles. The van der Waals surface area contributed by atoms with Crippen molar-refractivity contribution in [1.82, 2.24) is 5.48 Å². The van der Waals surface area contributed by atoms with Gasteiger partial charge < -0.3 is 9.84 Å². The lowest BCUT2D eigenvalue weighted by molar-refractivity contribution is -0.137. The van der Waals surface area contributed by atoms with E-state index < -0.39 is 28.6 Å². The number of carbonyl (C=O) groups excluding carboxylic acids is 1. The van der Waals surface area contributed by atoms with E-state index in [1.807, 2.05) is 6.07 Å². The van der Waals surface area contributed by atoms with Crippen LogP contribution in [0.15, 0.2) is 54.6 Å². The average molecular weight is 366 g/mol. The summed E-state index contributed by atoms with van der Waals surface area (Å²) < 4.78 is 30.9. The highest BCUT2D eigenvalue weighted by atomic mass is 32.2. The van der Waals surface area contributed by atoms with Gasteiger partial charge in [-0.05, 0) is 24.3 Å². The van der Waals surface area contributed by atoms with Crippen LogP contribution in [0.1, 0.15) is 0 Å². The summed E-state index contributed by atoms with van der Waals surface area (Å²) in [7, 11) is -3.84. The van der Waals surface area contributed by atoms with Gasteiger partial charge in [0.2, 0.25) is 10.0 Å². The third-order valence-corrected chi connectivity index (χ3v) is 4.40. The van der Waals surface area contributed by atoms with E-state index in [9.17, 15) is 18.3 Å². The predicted octanol–water partition coefficient (Wildman–Crippen LogP) is 1.11. The highest BCUT2D eigenvalue weighted by Gasteiger charge is 2.27. The number of amides is 1. The fraction of sp³-hybridized carbons (Fsp3) is 0.188. The van der Waals surface area contributed by atoms with Crippen LogP contribution < -0.4 is 14.5 Å². The Hall–Kier alpha value is -2.62. The van der Waals surface area contributed by atoms with Gasteiger partial charge in [0.05, 0.1) is 18.5 Å². The third kappa shape index (κ3) is 4.92. The highest BCUT2D eigenvalue weighted by Crippen LogP contribution is 2.33. The molecule has 0 unspecified atom stereocenters. The van der Waals surface area contributed by atoms with Crippen LogP contribution >= 0.6 is 0 Å². The standard InChI is InChI=1S/C16H18N2O6S/c1-25(22,23)18(11-14(19)16(20)17-21)13-9-5-6-10-15(13)24-12-7-3-2-4-8-12/h2-10,14,19,21H,11H2,1H3,(H,17,20)/t14-/m1/s1. The monoisotopic (exact) mass is 366 g/mol. The molecule has 1 atom stereocenters. The van der Waals surface area contributed by atoms with Crippen molar-refractivity contribution < 1.29 is 28.3 Å². The molecule has 3 N–H and O–H groups in total. The zero-order chi connectivity index (χ0) is 18.4. The Balaban J connectivity index is 2.39. The van der Waals surface area contributed by atoms with Gasteiger partial charge in [0.1, 0.15) is 5.75 Å². The Kier molecular flexibility index (Phi) is 5.97. The van der Waals surface area contributed by atoms with Crippen LogP contribution in [0.5, 0.6) is 11.5 Å². The molecule has 134 valence electrons. The maximum atomic E-state index is 12.1. The Morgan fingerprint density at radius 2 is 1.76 bits per heavy atom. The molecule has 0 aliphatic heterocycles. The van der Waals surface area contributed by atoms with Crippen LogP contribution in [-0.4, -0.2) is 43.5 Å². The van der Waals surface area contributed by atoms with Crippen LogP contribution in [0, 0.1) is 0 Å². The molecule has 0 heterocycles. The largest absolute Gasteiger partial charge is 0.455 e. The Morgan fingerprint density at radius 1 is 1.16 bits per heavy atom. The lowest BCUT2D eigenvalue weighted by Gasteiger charge is -2.26.